The van der Waals surface area contributed by atoms with Gasteiger partial charge in [-0.2, -0.15) is 0 Å². The zero-order valence-electron chi connectivity index (χ0n) is 11.6. The molecule has 0 saturated carbocycles. The summed E-state index contributed by atoms with van der Waals surface area (Å²) in [4.78, 5) is 12.4. The van der Waals surface area contributed by atoms with Crippen molar-refractivity contribution in [3.8, 4) is 0 Å². The Balaban J connectivity index is 2.36. The Morgan fingerprint density at radius 2 is 1.70 bits per heavy atom. The molecule has 2 aromatic rings. The molecule has 0 aliphatic rings. The van der Waals surface area contributed by atoms with E-state index in [-0.39, 0.29) is 11.7 Å². The SMILES string of the molecule is Cc1cc(C)c(C(=O)Nc2cc(F)ccc2Br)c(C)c1. The summed E-state index contributed by atoms with van der Waals surface area (Å²) in [6.45, 7) is 5.79. The van der Waals surface area contributed by atoms with Crippen molar-refractivity contribution in [1.29, 1.82) is 0 Å². The highest BCUT2D eigenvalue weighted by atomic mass is 79.9. The van der Waals surface area contributed by atoms with Gasteiger partial charge in [-0.05, 0) is 66.0 Å². The first-order valence-corrected chi connectivity index (χ1v) is 7.02. The monoisotopic (exact) mass is 335 g/mol. The van der Waals surface area contributed by atoms with Crippen LogP contribution in [0.15, 0.2) is 34.8 Å². The minimum absolute atomic E-state index is 0.230. The summed E-state index contributed by atoms with van der Waals surface area (Å²) in [7, 11) is 0. The number of hydrogen-bond donors (Lipinski definition) is 1. The van der Waals surface area contributed by atoms with Crippen LogP contribution in [0.2, 0.25) is 0 Å². The lowest BCUT2D eigenvalue weighted by Gasteiger charge is -2.12. The van der Waals surface area contributed by atoms with E-state index in [4.69, 9.17) is 0 Å². The van der Waals surface area contributed by atoms with Crippen molar-refractivity contribution in [2.24, 2.45) is 0 Å². The van der Waals surface area contributed by atoms with Crippen LogP contribution in [-0.2, 0) is 0 Å². The summed E-state index contributed by atoms with van der Waals surface area (Å²) in [5, 5.41) is 2.74. The molecule has 0 aliphatic carbocycles. The van der Waals surface area contributed by atoms with Crippen molar-refractivity contribution < 1.29 is 9.18 Å². The van der Waals surface area contributed by atoms with Gasteiger partial charge in [0.15, 0.2) is 0 Å². The van der Waals surface area contributed by atoms with E-state index in [0.717, 1.165) is 16.7 Å². The van der Waals surface area contributed by atoms with Gasteiger partial charge in [-0.3, -0.25) is 4.79 Å². The van der Waals surface area contributed by atoms with E-state index in [0.29, 0.717) is 15.7 Å². The van der Waals surface area contributed by atoms with Crippen molar-refractivity contribution in [3.05, 3.63) is 62.9 Å². The molecule has 0 heterocycles. The molecule has 0 radical (unpaired) electrons. The van der Waals surface area contributed by atoms with Gasteiger partial charge < -0.3 is 5.32 Å². The number of rotatable bonds is 2. The number of halogens is 2. The fraction of sp³-hybridized carbons (Fsp3) is 0.188. The van der Waals surface area contributed by atoms with Crippen molar-refractivity contribution in [3.63, 3.8) is 0 Å². The minimum atomic E-state index is -0.388. The van der Waals surface area contributed by atoms with E-state index < -0.39 is 0 Å². The lowest BCUT2D eigenvalue weighted by molar-refractivity contribution is 0.102. The first-order valence-electron chi connectivity index (χ1n) is 6.22. The molecule has 1 amide bonds. The molecule has 0 fully saturated rings. The Labute approximate surface area is 126 Å². The smallest absolute Gasteiger partial charge is 0.256 e. The predicted molar refractivity (Wildman–Crippen MR) is 82.7 cm³/mol. The molecular formula is C16H15BrFNO. The van der Waals surface area contributed by atoms with E-state index in [2.05, 4.69) is 21.2 Å². The Morgan fingerprint density at radius 3 is 2.30 bits per heavy atom. The minimum Gasteiger partial charge on any atom is -0.321 e. The van der Waals surface area contributed by atoms with E-state index in [1.165, 1.54) is 12.1 Å². The van der Waals surface area contributed by atoms with Crippen LogP contribution in [0.5, 0.6) is 0 Å². The van der Waals surface area contributed by atoms with Gasteiger partial charge in [0.1, 0.15) is 5.82 Å². The quantitative estimate of drug-likeness (QED) is 0.841. The summed E-state index contributed by atoms with van der Waals surface area (Å²) in [6, 6.07) is 8.12. The first kappa shape index (κ1) is 14.7. The molecule has 0 aromatic heterocycles. The fourth-order valence-electron chi connectivity index (χ4n) is 2.32. The van der Waals surface area contributed by atoms with Gasteiger partial charge >= 0.3 is 0 Å². The van der Waals surface area contributed by atoms with Crippen LogP contribution < -0.4 is 5.32 Å². The largest absolute Gasteiger partial charge is 0.321 e. The number of hydrogen-bond acceptors (Lipinski definition) is 1. The molecule has 2 nitrogen and oxygen atoms in total. The Hall–Kier alpha value is -1.68. The maximum atomic E-state index is 13.2. The number of aryl methyl sites for hydroxylation is 3. The van der Waals surface area contributed by atoms with E-state index in [9.17, 15) is 9.18 Å². The van der Waals surface area contributed by atoms with Crippen LogP contribution in [0.4, 0.5) is 10.1 Å². The van der Waals surface area contributed by atoms with Gasteiger partial charge in [0.05, 0.1) is 5.69 Å². The van der Waals surface area contributed by atoms with Crippen LogP contribution >= 0.6 is 15.9 Å². The summed E-state index contributed by atoms with van der Waals surface area (Å²) >= 11 is 3.30. The van der Waals surface area contributed by atoms with Crippen LogP contribution in [0.25, 0.3) is 0 Å². The average molecular weight is 336 g/mol. The zero-order chi connectivity index (χ0) is 14.9. The topological polar surface area (TPSA) is 29.1 Å². The molecule has 0 spiro atoms. The van der Waals surface area contributed by atoms with E-state index in [1.807, 2.05) is 32.9 Å². The second-order valence-electron chi connectivity index (χ2n) is 4.85. The molecule has 104 valence electrons. The second-order valence-corrected chi connectivity index (χ2v) is 5.71. The van der Waals surface area contributed by atoms with Crippen LogP contribution in [0.1, 0.15) is 27.0 Å². The number of benzene rings is 2. The maximum Gasteiger partial charge on any atom is 0.256 e. The number of amides is 1. The number of nitrogens with one attached hydrogen (secondary N) is 1. The maximum absolute atomic E-state index is 13.2. The van der Waals surface area contributed by atoms with Crippen molar-refractivity contribution >= 4 is 27.5 Å². The van der Waals surface area contributed by atoms with Gasteiger partial charge in [0.25, 0.3) is 5.91 Å². The Kier molecular flexibility index (Phi) is 4.23. The molecule has 2 aromatic carbocycles. The Bertz CT molecular complexity index is 659. The molecule has 0 aliphatic heterocycles. The number of carbonyl (C=O) groups is 1. The van der Waals surface area contributed by atoms with Crippen molar-refractivity contribution in [2.75, 3.05) is 5.32 Å². The lowest BCUT2D eigenvalue weighted by Crippen LogP contribution is -2.15. The van der Waals surface area contributed by atoms with Gasteiger partial charge in [-0.25, -0.2) is 4.39 Å². The molecule has 1 N–H and O–H groups in total. The Morgan fingerprint density at radius 1 is 1.10 bits per heavy atom. The van der Waals surface area contributed by atoms with Gasteiger partial charge in [0, 0.05) is 10.0 Å². The molecular weight excluding hydrogens is 321 g/mol. The highest BCUT2D eigenvalue weighted by Gasteiger charge is 2.14. The third-order valence-corrected chi connectivity index (χ3v) is 3.77. The fourth-order valence-corrected chi connectivity index (χ4v) is 2.66. The van der Waals surface area contributed by atoms with E-state index >= 15 is 0 Å². The summed E-state index contributed by atoms with van der Waals surface area (Å²) < 4.78 is 13.9. The number of anilines is 1. The third kappa shape index (κ3) is 3.07. The van der Waals surface area contributed by atoms with Crippen molar-refractivity contribution in [1.82, 2.24) is 0 Å². The molecule has 4 heteroatoms. The molecule has 0 saturated heterocycles. The van der Waals surface area contributed by atoms with Gasteiger partial charge in [-0.1, -0.05) is 17.7 Å². The summed E-state index contributed by atoms with van der Waals surface area (Å²) in [5.74, 6) is -0.618. The van der Waals surface area contributed by atoms with Gasteiger partial charge in [-0.15, -0.1) is 0 Å². The lowest BCUT2D eigenvalue weighted by atomic mass is 9.99. The van der Waals surface area contributed by atoms with Gasteiger partial charge in [0.2, 0.25) is 0 Å². The zero-order valence-corrected chi connectivity index (χ0v) is 13.1. The third-order valence-electron chi connectivity index (χ3n) is 3.08. The van der Waals surface area contributed by atoms with E-state index in [1.54, 1.807) is 6.07 Å². The van der Waals surface area contributed by atoms with Crippen LogP contribution in [0.3, 0.4) is 0 Å². The summed E-state index contributed by atoms with van der Waals surface area (Å²) in [6.07, 6.45) is 0. The molecule has 2 rings (SSSR count). The van der Waals surface area contributed by atoms with Crippen LogP contribution in [0, 0.1) is 26.6 Å². The molecule has 0 atom stereocenters. The molecule has 0 unspecified atom stereocenters. The highest BCUT2D eigenvalue weighted by molar-refractivity contribution is 9.10. The number of carbonyl (C=O) groups excluding carboxylic acids is 1. The van der Waals surface area contributed by atoms with Crippen molar-refractivity contribution in [2.45, 2.75) is 20.8 Å². The first-order chi connectivity index (χ1) is 9.38. The average Bonchev–Trinajstić information content (AvgIpc) is 2.32. The standard InChI is InChI=1S/C16H15BrFNO/c1-9-6-10(2)15(11(3)7-9)16(20)19-14-8-12(18)4-5-13(14)17/h4-8H,1-3H3,(H,19,20). The second kappa shape index (κ2) is 5.75. The molecule has 20 heavy (non-hydrogen) atoms. The molecule has 0 bridgehead atoms. The normalized spacial score (nSPS) is 10.4. The predicted octanol–water partition coefficient (Wildman–Crippen LogP) is 4.77. The highest BCUT2D eigenvalue weighted by Crippen LogP contribution is 2.25. The summed E-state index contributed by atoms with van der Waals surface area (Å²) in [5.41, 5.74) is 3.99. The van der Waals surface area contributed by atoms with Crippen LogP contribution in [-0.4, -0.2) is 5.91 Å².